The minimum Gasteiger partial charge on any atom is -0.296 e. The summed E-state index contributed by atoms with van der Waals surface area (Å²) in [6.07, 6.45) is 3.09. The number of amides is 1. The quantitative estimate of drug-likeness (QED) is 0.741. The van der Waals surface area contributed by atoms with Crippen LogP contribution in [0.5, 0.6) is 0 Å². The molecule has 0 fully saturated rings. The summed E-state index contributed by atoms with van der Waals surface area (Å²) in [5, 5.41) is 13.5. The third-order valence-electron chi connectivity index (χ3n) is 3.72. The van der Waals surface area contributed by atoms with Crippen molar-refractivity contribution in [2.75, 3.05) is 5.32 Å². The van der Waals surface area contributed by atoms with Gasteiger partial charge >= 0.3 is 0 Å². The number of aromatic nitrogens is 4. The third kappa shape index (κ3) is 3.29. The number of carbonyl (C=O) groups is 1. The van der Waals surface area contributed by atoms with E-state index < -0.39 is 0 Å². The molecule has 0 saturated heterocycles. The summed E-state index contributed by atoms with van der Waals surface area (Å²) in [6.45, 7) is 7.89. The highest BCUT2D eigenvalue weighted by Crippen LogP contribution is 2.32. The van der Waals surface area contributed by atoms with Crippen LogP contribution in [0.15, 0.2) is 0 Å². The summed E-state index contributed by atoms with van der Waals surface area (Å²) >= 11 is 2.83. The van der Waals surface area contributed by atoms with Gasteiger partial charge in [-0.2, -0.15) is 0 Å². The van der Waals surface area contributed by atoms with Crippen molar-refractivity contribution in [1.29, 1.82) is 0 Å². The lowest BCUT2D eigenvalue weighted by molar-refractivity contribution is 0.103. The van der Waals surface area contributed by atoms with Gasteiger partial charge in [-0.3, -0.25) is 10.1 Å². The van der Waals surface area contributed by atoms with Crippen LogP contribution in [-0.4, -0.2) is 26.1 Å². The van der Waals surface area contributed by atoms with Crippen LogP contribution < -0.4 is 5.32 Å². The molecule has 0 atom stereocenters. The van der Waals surface area contributed by atoms with Gasteiger partial charge in [-0.15, -0.1) is 21.5 Å². The van der Waals surface area contributed by atoms with Gasteiger partial charge in [0, 0.05) is 17.5 Å². The molecule has 0 aliphatic heterocycles. The maximum absolute atomic E-state index is 12.6. The molecule has 0 aliphatic rings. The molecule has 3 aromatic rings. The van der Waals surface area contributed by atoms with Crippen LogP contribution in [-0.2, 0) is 6.42 Å². The zero-order chi connectivity index (χ0) is 17.3. The van der Waals surface area contributed by atoms with Gasteiger partial charge in [0.25, 0.3) is 5.91 Å². The zero-order valence-electron chi connectivity index (χ0n) is 14.1. The van der Waals surface area contributed by atoms with E-state index in [4.69, 9.17) is 0 Å². The molecule has 0 saturated carbocycles. The first-order valence-corrected chi connectivity index (χ1v) is 9.51. The van der Waals surface area contributed by atoms with Crippen LogP contribution >= 0.6 is 22.7 Å². The summed E-state index contributed by atoms with van der Waals surface area (Å²) in [5.74, 6) is 0.559. The molecule has 0 bridgehead atoms. The minimum atomic E-state index is -0.161. The van der Waals surface area contributed by atoms with E-state index in [9.17, 15) is 4.79 Å². The molecule has 0 aromatic carbocycles. The highest BCUT2D eigenvalue weighted by molar-refractivity contribution is 7.21. The van der Waals surface area contributed by atoms with Crippen LogP contribution in [0.25, 0.3) is 10.2 Å². The third-order valence-corrected chi connectivity index (χ3v) is 5.80. The normalized spacial score (nSPS) is 11.2. The van der Waals surface area contributed by atoms with Gasteiger partial charge in [-0.25, -0.2) is 9.97 Å². The molecular formula is C16H19N5OS2. The Morgan fingerprint density at radius 3 is 2.67 bits per heavy atom. The Hall–Kier alpha value is -1.93. The fourth-order valence-corrected chi connectivity index (χ4v) is 4.53. The van der Waals surface area contributed by atoms with Gasteiger partial charge in [0.05, 0.1) is 4.88 Å². The van der Waals surface area contributed by atoms with Crippen LogP contribution in [0.3, 0.4) is 0 Å². The van der Waals surface area contributed by atoms with Crippen LogP contribution in [0.1, 0.15) is 51.5 Å². The highest BCUT2D eigenvalue weighted by atomic mass is 32.1. The van der Waals surface area contributed by atoms with Gasteiger partial charge < -0.3 is 0 Å². The lowest BCUT2D eigenvalue weighted by atomic mass is 10.1. The maximum atomic E-state index is 12.6. The molecular weight excluding hydrogens is 342 g/mol. The Kier molecular flexibility index (Phi) is 4.86. The molecule has 24 heavy (non-hydrogen) atoms. The fourth-order valence-electron chi connectivity index (χ4n) is 2.58. The van der Waals surface area contributed by atoms with Crippen molar-refractivity contribution in [2.24, 2.45) is 0 Å². The minimum absolute atomic E-state index is 0.161. The van der Waals surface area contributed by atoms with Gasteiger partial charge in [0.2, 0.25) is 5.13 Å². The second-order valence-electron chi connectivity index (χ2n) is 5.65. The SMILES string of the molecule is CCCCc1nnc(NC(=O)c2sc3nc(C)nc(C)c3c2C)s1. The van der Waals surface area contributed by atoms with Crippen molar-refractivity contribution in [3.05, 3.63) is 27.0 Å². The molecule has 0 radical (unpaired) electrons. The second kappa shape index (κ2) is 6.90. The number of hydrogen-bond acceptors (Lipinski definition) is 7. The Balaban J connectivity index is 1.85. The van der Waals surface area contributed by atoms with Crippen molar-refractivity contribution in [1.82, 2.24) is 20.2 Å². The van der Waals surface area contributed by atoms with E-state index in [-0.39, 0.29) is 5.91 Å². The molecule has 0 unspecified atom stereocenters. The number of nitrogens with one attached hydrogen (secondary N) is 1. The molecule has 0 aliphatic carbocycles. The molecule has 6 nitrogen and oxygen atoms in total. The number of hydrogen-bond donors (Lipinski definition) is 1. The Morgan fingerprint density at radius 2 is 1.92 bits per heavy atom. The van der Waals surface area contributed by atoms with Crippen molar-refractivity contribution in [3.8, 4) is 0 Å². The molecule has 3 heterocycles. The molecule has 3 aromatic heterocycles. The summed E-state index contributed by atoms with van der Waals surface area (Å²) in [6, 6.07) is 0. The Labute approximate surface area is 148 Å². The fraction of sp³-hybridized carbons (Fsp3) is 0.438. The Morgan fingerprint density at radius 1 is 1.12 bits per heavy atom. The van der Waals surface area contributed by atoms with E-state index in [1.54, 1.807) is 0 Å². The van der Waals surface area contributed by atoms with Crippen LogP contribution in [0.4, 0.5) is 5.13 Å². The van der Waals surface area contributed by atoms with Crippen molar-refractivity contribution < 1.29 is 4.79 Å². The van der Waals surface area contributed by atoms with Crippen molar-refractivity contribution >= 4 is 43.9 Å². The van der Waals surface area contributed by atoms with E-state index in [1.165, 1.54) is 22.7 Å². The van der Waals surface area contributed by atoms with E-state index in [0.717, 1.165) is 51.6 Å². The molecule has 8 heteroatoms. The average Bonchev–Trinajstić information content (AvgIpc) is 3.09. The average molecular weight is 361 g/mol. The number of unbranched alkanes of at least 4 members (excludes halogenated alkanes) is 1. The van der Waals surface area contributed by atoms with E-state index in [1.807, 2.05) is 20.8 Å². The predicted molar refractivity (Wildman–Crippen MR) is 98.1 cm³/mol. The molecule has 3 rings (SSSR count). The number of aryl methyl sites for hydroxylation is 4. The van der Waals surface area contributed by atoms with Crippen LogP contribution in [0.2, 0.25) is 0 Å². The van der Waals surface area contributed by atoms with Gasteiger partial charge in [0.1, 0.15) is 15.7 Å². The number of anilines is 1. The topological polar surface area (TPSA) is 80.7 Å². The van der Waals surface area contributed by atoms with Crippen LogP contribution in [0, 0.1) is 20.8 Å². The standard InChI is InChI=1S/C16H19N5OS2/c1-5-6-7-11-20-21-16(23-11)19-14(22)13-8(2)12-9(3)17-10(4)18-15(12)24-13/h5-7H2,1-4H3,(H,19,21,22). The smallest absolute Gasteiger partial charge is 0.267 e. The molecule has 126 valence electrons. The number of fused-ring (bicyclic) bond motifs is 1. The van der Waals surface area contributed by atoms with Crippen molar-refractivity contribution in [3.63, 3.8) is 0 Å². The van der Waals surface area contributed by atoms with Gasteiger partial charge in [0.15, 0.2) is 0 Å². The summed E-state index contributed by atoms with van der Waals surface area (Å²) < 4.78 is 0. The number of carbonyl (C=O) groups excluding carboxylic acids is 1. The first-order chi connectivity index (χ1) is 11.5. The van der Waals surface area contributed by atoms with Gasteiger partial charge in [-0.1, -0.05) is 24.7 Å². The number of rotatable bonds is 5. The van der Waals surface area contributed by atoms with Gasteiger partial charge in [-0.05, 0) is 32.8 Å². The summed E-state index contributed by atoms with van der Waals surface area (Å²) in [7, 11) is 0. The van der Waals surface area contributed by atoms with E-state index in [0.29, 0.717) is 10.0 Å². The largest absolute Gasteiger partial charge is 0.296 e. The number of thiophene rings is 1. The zero-order valence-corrected chi connectivity index (χ0v) is 15.8. The molecule has 1 N–H and O–H groups in total. The monoisotopic (exact) mass is 361 g/mol. The molecule has 1 amide bonds. The first kappa shape index (κ1) is 16.9. The Bertz CT molecular complexity index is 899. The maximum Gasteiger partial charge on any atom is 0.267 e. The molecule has 0 spiro atoms. The number of nitrogens with zero attached hydrogens (tertiary/aromatic N) is 4. The first-order valence-electron chi connectivity index (χ1n) is 7.87. The highest BCUT2D eigenvalue weighted by Gasteiger charge is 2.19. The van der Waals surface area contributed by atoms with E-state index in [2.05, 4.69) is 32.4 Å². The summed E-state index contributed by atoms with van der Waals surface area (Å²) in [4.78, 5) is 23.0. The summed E-state index contributed by atoms with van der Waals surface area (Å²) in [5.41, 5.74) is 1.82. The lowest BCUT2D eigenvalue weighted by Gasteiger charge is -2.00. The second-order valence-corrected chi connectivity index (χ2v) is 7.71. The lowest BCUT2D eigenvalue weighted by Crippen LogP contribution is -2.11. The van der Waals surface area contributed by atoms with Crippen molar-refractivity contribution in [2.45, 2.75) is 47.0 Å². The predicted octanol–water partition coefficient (Wildman–Crippen LogP) is 4.06. The van der Waals surface area contributed by atoms with E-state index >= 15 is 0 Å².